The van der Waals surface area contributed by atoms with Crippen molar-refractivity contribution in [2.75, 3.05) is 30.0 Å². The van der Waals surface area contributed by atoms with E-state index in [0.717, 1.165) is 55.0 Å². The van der Waals surface area contributed by atoms with Gasteiger partial charge in [0.1, 0.15) is 5.67 Å². The number of alkyl halides is 1. The lowest BCUT2D eigenvalue weighted by Gasteiger charge is -2.41. The van der Waals surface area contributed by atoms with Crippen LogP contribution in [0.5, 0.6) is 0 Å². The zero-order valence-electron chi connectivity index (χ0n) is 19.8. The zero-order valence-corrected chi connectivity index (χ0v) is 19.8. The third-order valence-corrected chi connectivity index (χ3v) is 6.64. The van der Waals surface area contributed by atoms with Crippen molar-refractivity contribution in [2.24, 2.45) is 0 Å². The maximum atomic E-state index is 14.3. The number of aryl methyl sites for hydroxylation is 2. The third kappa shape index (κ3) is 4.40. The molecule has 0 bridgehead atoms. The van der Waals surface area contributed by atoms with E-state index in [1.54, 1.807) is 6.07 Å². The first-order valence-electron chi connectivity index (χ1n) is 11.7. The molecule has 1 fully saturated rings. The Labute approximate surface area is 199 Å². The Hall–Kier alpha value is -3.32. The second-order valence-corrected chi connectivity index (χ2v) is 9.54. The number of pyridine rings is 2. The Morgan fingerprint density at radius 2 is 2.06 bits per heavy atom. The zero-order chi connectivity index (χ0) is 23.9. The van der Waals surface area contributed by atoms with Gasteiger partial charge < -0.3 is 15.0 Å². The molecule has 0 aliphatic carbocycles. The fourth-order valence-corrected chi connectivity index (χ4v) is 4.70. The second kappa shape index (κ2) is 8.80. The normalized spacial score (nSPS) is 17.6. The molecule has 2 aliphatic heterocycles. The number of nitrogens with one attached hydrogen (secondary N) is 1. The van der Waals surface area contributed by atoms with E-state index >= 15 is 0 Å². The lowest BCUT2D eigenvalue weighted by atomic mass is 9.95. The maximum absolute atomic E-state index is 14.3. The van der Waals surface area contributed by atoms with Gasteiger partial charge in [0.25, 0.3) is 5.91 Å². The molecule has 5 rings (SSSR count). The monoisotopic (exact) mass is 460 g/mol. The van der Waals surface area contributed by atoms with E-state index in [2.05, 4.69) is 28.2 Å². The molecule has 1 aromatic carbocycles. The Balaban J connectivity index is 1.42. The van der Waals surface area contributed by atoms with Gasteiger partial charge in [-0.05, 0) is 75.1 Å². The topological polar surface area (TPSA) is 67.4 Å². The molecule has 6 nitrogen and oxygen atoms in total. The molecular weight excluding hydrogens is 431 g/mol. The Morgan fingerprint density at radius 1 is 1.21 bits per heavy atom. The first-order chi connectivity index (χ1) is 16.3. The third-order valence-electron chi connectivity index (χ3n) is 6.64. The molecule has 0 saturated carbocycles. The van der Waals surface area contributed by atoms with E-state index in [4.69, 9.17) is 9.72 Å². The van der Waals surface area contributed by atoms with Gasteiger partial charge in [-0.3, -0.25) is 14.8 Å². The van der Waals surface area contributed by atoms with Crippen LogP contribution in [0.2, 0.25) is 0 Å². The number of nitrogens with zero attached hydrogens (tertiary/aromatic N) is 3. The summed E-state index contributed by atoms with van der Waals surface area (Å²) in [5.41, 5.74) is 5.10. The molecule has 0 radical (unpaired) electrons. The summed E-state index contributed by atoms with van der Waals surface area (Å²) < 4.78 is 20.0. The van der Waals surface area contributed by atoms with E-state index in [0.29, 0.717) is 17.3 Å². The standard InChI is InChI=1S/C27H29FN4O2/c1-17-4-5-20(31-26(33)18-8-9-29-25(13-18)27(2,3)28)14-22(17)19-12-24-23(30-15-19)7-6-21-16-34-11-10-32(21)24/h4-5,8-9,12-15,21H,6-7,10-11,16H2,1-3H3,(H,31,33)/t21-/m1/s1. The molecule has 2 aliphatic rings. The first kappa shape index (κ1) is 22.5. The highest BCUT2D eigenvalue weighted by atomic mass is 19.1. The number of ether oxygens (including phenoxy) is 1. The van der Waals surface area contributed by atoms with E-state index in [1.807, 2.05) is 24.4 Å². The van der Waals surface area contributed by atoms with Crippen LogP contribution in [-0.4, -0.2) is 41.7 Å². The quantitative estimate of drug-likeness (QED) is 0.590. The number of anilines is 2. The van der Waals surface area contributed by atoms with Gasteiger partial charge >= 0.3 is 0 Å². The van der Waals surface area contributed by atoms with Crippen LogP contribution < -0.4 is 10.2 Å². The summed E-state index contributed by atoms with van der Waals surface area (Å²) in [6.07, 6.45) is 5.41. The molecule has 1 saturated heterocycles. The van der Waals surface area contributed by atoms with E-state index < -0.39 is 5.67 Å². The number of halogens is 1. The van der Waals surface area contributed by atoms with Crippen molar-refractivity contribution < 1.29 is 13.9 Å². The average molecular weight is 461 g/mol. The first-order valence-corrected chi connectivity index (χ1v) is 11.7. The van der Waals surface area contributed by atoms with Gasteiger partial charge in [0.2, 0.25) is 0 Å². The van der Waals surface area contributed by atoms with Crippen LogP contribution in [0.15, 0.2) is 48.8 Å². The van der Waals surface area contributed by atoms with Crippen LogP contribution in [-0.2, 0) is 16.8 Å². The predicted octanol–water partition coefficient (Wildman–Crippen LogP) is 5.06. The number of rotatable bonds is 4. The SMILES string of the molecule is Cc1ccc(NC(=O)c2ccnc(C(C)(C)F)c2)cc1-c1cnc2c(c1)N1CCOC[C@H]1CC2. The summed E-state index contributed by atoms with van der Waals surface area (Å²) in [5, 5.41) is 2.95. The molecular formula is C27H29FN4O2. The van der Waals surface area contributed by atoms with Gasteiger partial charge in [0.05, 0.1) is 36.3 Å². The molecule has 1 amide bonds. The van der Waals surface area contributed by atoms with Crippen LogP contribution in [0.1, 0.15) is 47.6 Å². The largest absolute Gasteiger partial charge is 0.377 e. The Kier molecular flexibility index (Phi) is 5.81. The average Bonchev–Trinajstić information content (AvgIpc) is 2.84. The van der Waals surface area contributed by atoms with Crippen molar-refractivity contribution in [3.63, 3.8) is 0 Å². The van der Waals surface area contributed by atoms with Gasteiger partial charge in [-0.15, -0.1) is 0 Å². The molecule has 34 heavy (non-hydrogen) atoms. The highest BCUT2D eigenvalue weighted by Gasteiger charge is 2.30. The molecule has 0 unspecified atom stereocenters. The molecule has 1 atom stereocenters. The molecule has 0 spiro atoms. The molecule has 7 heteroatoms. The van der Waals surface area contributed by atoms with Crippen molar-refractivity contribution in [1.29, 1.82) is 0 Å². The number of hydrogen-bond donors (Lipinski definition) is 1. The molecule has 4 heterocycles. The molecule has 2 aromatic heterocycles. The minimum absolute atomic E-state index is 0.228. The number of fused-ring (bicyclic) bond motifs is 3. The van der Waals surface area contributed by atoms with Gasteiger partial charge in [0, 0.05) is 35.8 Å². The summed E-state index contributed by atoms with van der Waals surface area (Å²) >= 11 is 0. The smallest absolute Gasteiger partial charge is 0.255 e. The molecule has 1 N–H and O–H groups in total. The lowest BCUT2D eigenvalue weighted by Crippen LogP contribution is -2.48. The van der Waals surface area contributed by atoms with E-state index in [-0.39, 0.29) is 11.6 Å². The summed E-state index contributed by atoms with van der Waals surface area (Å²) in [5.74, 6) is -0.303. The number of benzene rings is 1. The lowest BCUT2D eigenvalue weighted by molar-refractivity contribution is 0.0894. The summed E-state index contributed by atoms with van der Waals surface area (Å²) in [4.78, 5) is 24.1. The second-order valence-electron chi connectivity index (χ2n) is 9.54. The summed E-state index contributed by atoms with van der Waals surface area (Å²) in [6.45, 7) is 7.28. The van der Waals surface area contributed by atoms with Crippen molar-refractivity contribution in [1.82, 2.24) is 9.97 Å². The fraction of sp³-hybridized carbons (Fsp3) is 0.370. The predicted molar refractivity (Wildman–Crippen MR) is 131 cm³/mol. The molecule has 3 aromatic rings. The van der Waals surface area contributed by atoms with Gasteiger partial charge in [-0.25, -0.2) is 4.39 Å². The van der Waals surface area contributed by atoms with Gasteiger partial charge in [-0.2, -0.15) is 0 Å². The van der Waals surface area contributed by atoms with E-state index in [1.165, 1.54) is 31.8 Å². The maximum Gasteiger partial charge on any atom is 0.255 e. The van der Waals surface area contributed by atoms with E-state index in [9.17, 15) is 9.18 Å². The number of amides is 1. The van der Waals surface area contributed by atoms with Gasteiger partial charge in [-0.1, -0.05) is 6.07 Å². The van der Waals surface area contributed by atoms with Crippen molar-refractivity contribution in [3.05, 3.63) is 71.3 Å². The highest BCUT2D eigenvalue weighted by molar-refractivity contribution is 6.04. The van der Waals surface area contributed by atoms with Gasteiger partial charge in [0.15, 0.2) is 0 Å². The van der Waals surface area contributed by atoms with Crippen molar-refractivity contribution >= 4 is 17.3 Å². The fourth-order valence-electron chi connectivity index (χ4n) is 4.70. The summed E-state index contributed by atoms with van der Waals surface area (Å²) in [6, 6.07) is 11.5. The highest BCUT2D eigenvalue weighted by Crippen LogP contribution is 2.35. The minimum atomic E-state index is -1.62. The Bertz CT molecular complexity index is 1240. The summed E-state index contributed by atoms with van der Waals surface area (Å²) in [7, 11) is 0. The number of aromatic nitrogens is 2. The van der Waals surface area contributed by atoms with Crippen molar-refractivity contribution in [3.8, 4) is 11.1 Å². The number of carbonyl (C=O) groups excluding carboxylic acids is 1. The number of carbonyl (C=O) groups is 1. The minimum Gasteiger partial charge on any atom is -0.377 e. The van der Waals surface area contributed by atoms with Crippen LogP contribution in [0.25, 0.3) is 11.1 Å². The number of morpholine rings is 1. The van der Waals surface area contributed by atoms with Crippen LogP contribution in [0.4, 0.5) is 15.8 Å². The van der Waals surface area contributed by atoms with Crippen LogP contribution >= 0.6 is 0 Å². The van der Waals surface area contributed by atoms with Crippen molar-refractivity contribution in [2.45, 2.75) is 45.3 Å². The van der Waals surface area contributed by atoms with Crippen LogP contribution in [0.3, 0.4) is 0 Å². The number of hydrogen-bond acceptors (Lipinski definition) is 5. The molecule has 176 valence electrons. The Morgan fingerprint density at radius 3 is 2.88 bits per heavy atom. The van der Waals surface area contributed by atoms with Crippen LogP contribution in [0, 0.1) is 6.92 Å².